The van der Waals surface area contributed by atoms with E-state index < -0.39 is 0 Å². The van der Waals surface area contributed by atoms with Crippen molar-refractivity contribution in [2.45, 2.75) is 63.9 Å². The summed E-state index contributed by atoms with van der Waals surface area (Å²) >= 11 is 0. The van der Waals surface area contributed by atoms with Crippen LogP contribution in [0.3, 0.4) is 0 Å². The number of nitrogens with two attached hydrogens (primary N) is 1. The number of carbonyl (C=O) groups excluding carboxylic acids is 1. The Morgan fingerprint density at radius 2 is 1.90 bits per heavy atom. The average molecular weight is 282 g/mol. The highest BCUT2D eigenvalue weighted by Crippen LogP contribution is 2.30. The molecule has 4 nitrogen and oxygen atoms in total. The fourth-order valence-electron chi connectivity index (χ4n) is 3.56. The number of amides is 1. The van der Waals surface area contributed by atoms with Crippen molar-refractivity contribution in [3.8, 4) is 0 Å². The minimum Gasteiger partial charge on any atom is -0.378 e. The standard InChI is InChI=1S/C16H30N2O2/c17-12-13-6-4-9-15(13)16(19)18-10-5-11-20-14-7-2-1-3-8-14/h13-15H,1-12,17H2,(H,18,19). The first-order valence-corrected chi connectivity index (χ1v) is 8.40. The predicted molar refractivity (Wildman–Crippen MR) is 80.3 cm³/mol. The molecule has 2 fully saturated rings. The van der Waals surface area contributed by atoms with Gasteiger partial charge in [0, 0.05) is 19.1 Å². The summed E-state index contributed by atoms with van der Waals surface area (Å²) in [4.78, 5) is 12.1. The van der Waals surface area contributed by atoms with Crippen LogP contribution < -0.4 is 11.1 Å². The summed E-state index contributed by atoms with van der Waals surface area (Å²) in [5.41, 5.74) is 5.72. The molecule has 2 atom stereocenters. The first kappa shape index (κ1) is 15.8. The van der Waals surface area contributed by atoms with Crippen molar-refractivity contribution in [3.63, 3.8) is 0 Å². The van der Waals surface area contributed by atoms with Gasteiger partial charge in [-0.1, -0.05) is 25.7 Å². The van der Waals surface area contributed by atoms with Gasteiger partial charge in [-0.2, -0.15) is 0 Å². The second-order valence-electron chi connectivity index (χ2n) is 6.31. The number of carbonyl (C=O) groups is 1. The van der Waals surface area contributed by atoms with E-state index in [0.717, 1.165) is 38.8 Å². The first-order chi connectivity index (χ1) is 9.81. The van der Waals surface area contributed by atoms with E-state index in [-0.39, 0.29) is 11.8 Å². The lowest BCUT2D eigenvalue weighted by Gasteiger charge is -2.22. The van der Waals surface area contributed by atoms with Crippen molar-refractivity contribution < 1.29 is 9.53 Å². The Bertz CT molecular complexity index is 290. The van der Waals surface area contributed by atoms with E-state index >= 15 is 0 Å². The largest absolute Gasteiger partial charge is 0.378 e. The van der Waals surface area contributed by atoms with E-state index in [1.54, 1.807) is 0 Å². The molecule has 0 aromatic carbocycles. The molecule has 0 aromatic rings. The zero-order valence-electron chi connectivity index (χ0n) is 12.6. The summed E-state index contributed by atoms with van der Waals surface area (Å²) in [6.07, 6.45) is 11.1. The van der Waals surface area contributed by atoms with Crippen molar-refractivity contribution in [1.82, 2.24) is 5.32 Å². The molecule has 0 aliphatic heterocycles. The lowest BCUT2D eigenvalue weighted by molar-refractivity contribution is -0.126. The van der Waals surface area contributed by atoms with Crippen molar-refractivity contribution in [2.24, 2.45) is 17.6 Å². The van der Waals surface area contributed by atoms with E-state index in [1.807, 2.05) is 0 Å². The lowest BCUT2D eigenvalue weighted by Crippen LogP contribution is -2.35. The fourth-order valence-corrected chi connectivity index (χ4v) is 3.56. The van der Waals surface area contributed by atoms with Crippen LogP contribution in [-0.2, 0) is 9.53 Å². The summed E-state index contributed by atoms with van der Waals surface area (Å²) in [6, 6.07) is 0. The van der Waals surface area contributed by atoms with Gasteiger partial charge in [0.15, 0.2) is 0 Å². The highest BCUT2D eigenvalue weighted by atomic mass is 16.5. The van der Waals surface area contributed by atoms with Gasteiger partial charge < -0.3 is 15.8 Å². The van der Waals surface area contributed by atoms with Gasteiger partial charge in [-0.25, -0.2) is 0 Å². The predicted octanol–water partition coefficient (Wildman–Crippen LogP) is 2.22. The Hall–Kier alpha value is -0.610. The van der Waals surface area contributed by atoms with Crippen molar-refractivity contribution in [2.75, 3.05) is 19.7 Å². The Morgan fingerprint density at radius 1 is 1.10 bits per heavy atom. The molecule has 0 saturated heterocycles. The second-order valence-corrected chi connectivity index (χ2v) is 6.31. The highest BCUT2D eigenvalue weighted by molar-refractivity contribution is 5.79. The molecular weight excluding hydrogens is 252 g/mol. The zero-order chi connectivity index (χ0) is 14.2. The third-order valence-corrected chi connectivity index (χ3v) is 4.82. The van der Waals surface area contributed by atoms with Crippen LogP contribution in [0, 0.1) is 11.8 Å². The molecule has 0 heterocycles. The van der Waals surface area contributed by atoms with Crippen LogP contribution in [0.2, 0.25) is 0 Å². The van der Waals surface area contributed by atoms with E-state index in [9.17, 15) is 4.79 Å². The van der Waals surface area contributed by atoms with E-state index in [0.29, 0.717) is 18.6 Å². The maximum Gasteiger partial charge on any atom is 0.223 e. The Kier molecular flexibility index (Phi) is 6.80. The molecule has 20 heavy (non-hydrogen) atoms. The summed E-state index contributed by atoms with van der Waals surface area (Å²) in [5.74, 6) is 0.753. The number of hydrogen-bond donors (Lipinski definition) is 2. The quantitative estimate of drug-likeness (QED) is 0.704. The third-order valence-electron chi connectivity index (χ3n) is 4.82. The smallest absolute Gasteiger partial charge is 0.223 e. The lowest BCUT2D eigenvalue weighted by atomic mass is 9.95. The molecule has 2 saturated carbocycles. The van der Waals surface area contributed by atoms with E-state index in [2.05, 4.69) is 5.32 Å². The summed E-state index contributed by atoms with van der Waals surface area (Å²) in [7, 11) is 0. The normalized spacial score (nSPS) is 27.6. The second kappa shape index (κ2) is 8.63. The van der Waals surface area contributed by atoms with Crippen LogP contribution in [0.25, 0.3) is 0 Å². The summed E-state index contributed by atoms with van der Waals surface area (Å²) in [5, 5.41) is 3.05. The molecule has 4 heteroatoms. The van der Waals surface area contributed by atoms with Gasteiger partial charge >= 0.3 is 0 Å². The topological polar surface area (TPSA) is 64.4 Å². The molecule has 116 valence electrons. The maximum atomic E-state index is 12.1. The molecule has 0 radical (unpaired) electrons. The molecule has 0 aromatic heterocycles. The summed E-state index contributed by atoms with van der Waals surface area (Å²) < 4.78 is 5.86. The SMILES string of the molecule is NCC1CCCC1C(=O)NCCCOC1CCCCC1. The molecular formula is C16H30N2O2. The van der Waals surface area contributed by atoms with E-state index in [1.165, 1.54) is 32.1 Å². The van der Waals surface area contributed by atoms with Gasteiger partial charge in [-0.05, 0) is 44.6 Å². The van der Waals surface area contributed by atoms with Crippen LogP contribution in [0.5, 0.6) is 0 Å². The average Bonchev–Trinajstić information content (AvgIpc) is 2.96. The van der Waals surface area contributed by atoms with Gasteiger partial charge in [-0.3, -0.25) is 4.79 Å². The van der Waals surface area contributed by atoms with Gasteiger partial charge in [0.1, 0.15) is 0 Å². The molecule has 2 aliphatic rings. The molecule has 3 N–H and O–H groups in total. The van der Waals surface area contributed by atoms with Crippen LogP contribution in [0.1, 0.15) is 57.8 Å². The Morgan fingerprint density at radius 3 is 2.65 bits per heavy atom. The van der Waals surface area contributed by atoms with Crippen LogP contribution in [-0.4, -0.2) is 31.7 Å². The molecule has 2 unspecified atom stereocenters. The minimum atomic E-state index is 0.152. The third kappa shape index (κ3) is 4.74. The van der Waals surface area contributed by atoms with E-state index in [4.69, 9.17) is 10.5 Å². The molecule has 0 spiro atoms. The van der Waals surface area contributed by atoms with Crippen molar-refractivity contribution in [1.29, 1.82) is 0 Å². The number of hydrogen-bond acceptors (Lipinski definition) is 3. The van der Waals surface area contributed by atoms with Crippen LogP contribution >= 0.6 is 0 Å². The van der Waals surface area contributed by atoms with Gasteiger partial charge in [0.25, 0.3) is 0 Å². The molecule has 2 rings (SSSR count). The monoisotopic (exact) mass is 282 g/mol. The Balaban J connectivity index is 1.53. The number of rotatable bonds is 7. The van der Waals surface area contributed by atoms with Gasteiger partial charge in [-0.15, -0.1) is 0 Å². The highest BCUT2D eigenvalue weighted by Gasteiger charge is 2.31. The molecule has 0 bridgehead atoms. The number of ether oxygens (including phenoxy) is 1. The fraction of sp³-hybridized carbons (Fsp3) is 0.938. The number of nitrogens with one attached hydrogen (secondary N) is 1. The van der Waals surface area contributed by atoms with Crippen LogP contribution in [0.15, 0.2) is 0 Å². The Labute approximate surface area is 122 Å². The van der Waals surface area contributed by atoms with Gasteiger partial charge in [0.05, 0.1) is 6.10 Å². The minimum absolute atomic E-state index is 0.152. The van der Waals surface area contributed by atoms with Crippen LogP contribution in [0.4, 0.5) is 0 Å². The van der Waals surface area contributed by atoms with Gasteiger partial charge in [0.2, 0.25) is 5.91 Å². The summed E-state index contributed by atoms with van der Waals surface area (Å²) in [6.45, 7) is 2.15. The van der Waals surface area contributed by atoms with Crippen molar-refractivity contribution in [3.05, 3.63) is 0 Å². The maximum absolute atomic E-state index is 12.1. The zero-order valence-corrected chi connectivity index (χ0v) is 12.6. The molecule has 2 aliphatic carbocycles. The first-order valence-electron chi connectivity index (χ1n) is 8.40. The molecule has 1 amide bonds. The van der Waals surface area contributed by atoms with Crippen molar-refractivity contribution >= 4 is 5.91 Å².